The summed E-state index contributed by atoms with van der Waals surface area (Å²) in [5.41, 5.74) is 3.59. The van der Waals surface area contributed by atoms with Gasteiger partial charge in [-0.2, -0.15) is 18.3 Å². The molecular formula is C22H18F3N3O. The van der Waals surface area contributed by atoms with Gasteiger partial charge in [-0.25, -0.2) is 4.52 Å². The highest BCUT2D eigenvalue weighted by Crippen LogP contribution is 2.29. The van der Waals surface area contributed by atoms with Crippen LogP contribution in [0.1, 0.15) is 22.3 Å². The van der Waals surface area contributed by atoms with Crippen molar-refractivity contribution in [3.05, 3.63) is 93.5 Å². The summed E-state index contributed by atoms with van der Waals surface area (Å²) < 4.78 is 41.7. The molecule has 0 unspecified atom stereocenters. The average molecular weight is 397 g/mol. The predicted molar refractivity (Wildman–Crippen MR) is 105 cm³/mol. The molecule has 0 amide bonds. The smallest absolute Gasteiger partial charge is 0.308 e. The molecule has 2 aromatic heterocycles. The highest BCUT2D eigenvalue weighted by molar-refractivity contribution is 5.66. The fourth-order valence-corrected chi connectivity index (χ4v) is 3.24. The van der Waals surface area contributed by atoms with Crippen molar-refractivity contribution < 1.29 is 13.2 Å². The zero-order valence-corrected chi connectivity index (χ0v) is 15.9. The van der Waals surface area contributed by atoms with Crippen molar-refractivity contribution in [3.63, 3.8) is 0 Å². The summed E-state index contributed by atoms with van der Waals surface area (Å²) in [6.45, 7) is 4.08. The van der Waals surface area contributed by atoms with Crippen molar-refractivity contribution in [3.8, 4) is 11.3 Å². The van der Waals surface area contributed by atoms with Crippen molar-refractivity contribution in [1.29, 1.82) is 0 Å². The van der Waals surface area contributed by atoms with Gasteiger partial charge in [0.15, 0.2) is 0 Å². The number of aryl methyl sites for hydroxylation is 2. The normalized spacial score (nSPS) is 11.9. The van der Waals surface area contributed by atoms with Gasteiger partial charge in [-0.15, -0.1) is 0 Å². The number of hydrogen-bond donors (Lipinski definition) is 0. The van der Waals surface area contributed by atoms with E-state index in [4.69, 9.17) is 0 Å². The summed E-state index contributed by atoms with van der Waals surface area (Å²) in [5.74, 6) is 0. The van der Waals surface area contributed by atoms with Crippen LogP contribution in [0.15, 0.2) is 65.7 Å². The molecule has 0 spiro atoms. The van der Waals surface area contributed by atoms with Crippen molar-refractivity contribution in [2.24, 2.45) is 0 Å². The highest BCUT2D eigenvalue weighted by Gasteiger charge is 2.30. The Morgan fingerprint density at radius 1 is 0.966 bits per heavy atom. The Kier molecular flexibility index (Phi) is 4.53. The maximum absolute atomic E-state index is 12.9. The molecule has 4 aromatic rings. The summed E-state index contributed by atoms with van der Waals surface area (Å²) in [6.07, 6.45) is -1.25. The van der Waals surface area contributed by atoms with E-state index in [2.05, 4.69) is 5.10 Å². The number of benzene rings is 2. The summed E-state index contributed by atoms with van der Waals surface area (Å²) in [5, 5.41) is 4.46. The first-order valence-electron chi connectivity index (χ1n) is 9.05. The maximum Gasteiger partial charge on any atom is 0.416 e. The monoisotopic (exact) mass is 397 g/mol. The van der Waals surface area contributed by atoms with Gasteiger partial charge in [-0.1, -0.05) is 24.3 Å². The van der Waals surface area contributed by atoms with E-state index < -0.39 is 11.7 Å². The first-order chi connectivity index (χ1) is 13.7. The molecule has 7 heteroatoms. The van der Waals surface area contributed by atoms with Crippen LogP contribution >= 0.6 is 0 Å². The largest absolute Gasteiger partial charge is 0.416 e. The minimum absolute atomic E-state index is 0.0450. The van der Waals surface area contributed by atoms with E-state index in [1.807, 2.05) is 32.0 Å². The van der Waals surface area contributed by atoms with E-state index in [1.54, 1.807) is 18.3 Å². The third-order valence-electron chi connectivity index (χ3n) is 5.01. The summed E-state index contributed by atoms with van der Waals surface area (Å²) in [6, 6.07) is 12.7. The van der Waals surface area contributed by atoms with Gasteiger partial charge in [0.1, 0.15) is 5.52 Å². The lowest BCUT2D eigenvalue weighted by atomic mass is 10.0. The molecule has 148 valence electrons. The van der Waals surface area contributed by atoms with Crippen LogP contribution in [-0.4, -0.2) is 14.2 Å². The number of nitrogens with zero attached hydrogens (tertiary/aromatic N) is 3. The van der Waals surface area contributed by atoms with Crippen molar-refractivity contribution >= 4 is 5.52 Å². The molecule has 0 aliphatic rings. The summed E-state index contributed by atoms with van der Waals surface area (Å²) >= 11 is 0. The van der Waals surface area contributed by atoms with Gasteiger partial charge < -0.3 is 4.57 Å². The second kappa shape index (κ2) is 6.92. The minimum atomic E-state index is -4.42. The molecule has 0 radical (unpaired) electrons. The van der Waals surface area contributed by atoms with E-state index in [0.717, 1.165) is 23.3 Å². The molecule has 0 saturated heterocycles. The fourth-order valence-electron chi connectivity index (χ4n) is 3.24. The number of rotatable bonds is 3. The van der Waals surface area contributed by atoms with E-state index in [0.29, 0.717) is 16.8 Å². The molecular weight excluding hydrogens is 379 g/mol. The molecule has 2 heterocycles. The van der Waals surface area contributed by atoms with Crippen LogP contribution in [0.25, 0.3) is 16.8 Å². The molecule has 0 aliphatic heterocycles. The van der Waals surface area contributed by atoms with Crippen LogP contribution in [0.2, 0.25) is 0 Å². The highest BCUT2D eigenvalue weighted by atomic mass is 19.4. The fraction of sp³-hybridized carbons (Fsp3) is 0.182. The molecule has 2 aromatic carbocycles. The van der Waals surface area contributed by atoms with E-state index in [1.165, 1.54) is 26.9 Å². The SMILES string of the molecule is Cc1ccc(-c2cc3c(=O)n(Cc4cccc(C(F)(F)F)c4)ccn3n2)cc1C. The number of halogens is 3. The van der Waals surface area contributed by atoms with Crippen LogP contribution in [0, 0.1) is 13.8 Å². The quantitative estimate of drug-likeness (QED) is 0.496. The van der Waals surface area contributed by atoms with Crippen LogP contribution in [-0.2, 0) is 12.7 Å². The van der Waals surface area contributed by atoms with Gasteiger partial charge >= 0.3 is 6.18 Å². The molecule has 4 rings (SSSR count). The minimum Gasteiger partial charge on any atom is -0.308 e. The lowest BCUT2D eigenvalue weighted by Crippen LogP contribution is -2.22. The predicted octanol–water partition coefficient (Wildman–Crippen LogP) is 4.85. The molecule has 29 heavy (non-hydrogen) atoms. The Bertz CT molecular complexity index is 1270. The molecule has 4 nitrogen and oxygen atoms in total. The third-order valence-corrected chi connectivity index (χ3v) is 5.01. The van der Waals surface area contributed by atoms with Crippen molar-refractivity contribution in [2.75, 3.05) is 0 Å². The van der Waals surface area contributed by atoms with Gasteiger partial charge in [-0.05, 0) is 54.8 Å². The molecule has 0 N–H and O–H groups in total. The van der Waals surface area contributed by atoms with Gasteiger partial charge in [0.2, 0.25) is 0 Å². The summed E-state index contributed by atoms with van der Waals surface area (Å²) in [7, 11) is 0. The molecule has 0 saturated carbocycles. The van der Waals surface area contributed by atoms with Crippen molar-refractivity contribution in [1.82, 2.24) is 14.2 Å². The van der Waals surface area contributed by atoms with Gasteiger partial charge in [0.25, 0.3) is 5.56 Å². The van der Waals surface area contributed by atoms with E-state index >= 15 is 0 Å². The van der Waals surface area contributed by atoms with Crippen LogP contribution in [0.3, 0.4) is 0 Å². The zero-order chi connectivity index (χ0) is 20.8. The third kappa shape index (κ3) is 3.68. The van der Waals surface area contributed by atoms with Crippen LogP contribution in [0.4, 0.5) is 13.2 Å². The molecule has 0 bridgehead atoms. The molecule has 0 aliphatic carbocycles. The standard InChI is InChI=1S/C22H18F3N3O/c1-14-6-7-17(10-15(14)2)19-12-20-21(29)27(8-9-28(20)26-19)13-16-4-3-5-18(11-16)22(23,24)25/h3-12H,13H2,1-2H3. The number of fused-ring (bicyclic) bond motifs is 1. The number of aromatic nitrogens is 3. The first kappa shape index (κ1) is 19.0. The Balaban J connectivity index is 1.71. The molecule has 0 fully saturated rings. The number of hydrogen-bond acceptors (Lipinski definition) is 2. The van der Waals surface area contributed by atoms with Gasteiger partial charge in [0.05, 0.1) is 17.8 Å². The topological polar surface area (TPSA) is 39.3 Å². The lowest BCUT2D eigenvalue weighted by Gasteiger charge is -2.10. The van der Waals surface area contributed by atoms with E-state index in [-0.39, 0.29) is 12.1 Å². The van der Waals surface area contributed by atoms with E-state index in [9.17, 15) is 18.0 Å². The second-order valence-electron chi connectivity index (χ2n) is 7.09. The Morgan fingerprint density at radius 2 is 1.76 bits per heavy atom. The second-order valence-corrected chi connectivity index (χ2v) is 7.09. The maximum atomic E-state index is 12.9. The molecule has 0 atom stereocenters. The average Bonchev–Trinajstić information content (AvgIpc) is 3.11. The lowest BCUT2D eigenvalue weighted by molar-refractivity contribution is -0.137. The first-order valence-corrected chi connectivity index (χ1v) is 9.05. The van der Waals surface area contributed by atoms with Gasteiger partial charge in [-0.3, -0.25) is 4.79 Å². The summed E-state index contributed by atoms with van der Waals surface area (Å²) in [4.78, 5) is 12.9. The Morgan fingerprint density at radius 3 is 2.48 bits per heavy atom. The van der Waals surface area contributed by atoms with Crippen LogP contribution in [0.5, 0.6) is 0 Å². The Labute approximate surface area is 164 Å². The van der Waals surface area contributed by atoms with Crippen LogP contribution < -0.4 is 5.56 Å². The number of alkyl halides is 3. The van der Waals surface area contributed by atoms with Crippen molar-refractivity contribution in [2.45, 2.75) is 26.6 Å². The van der Waals surface area contributed by atoms with Gasteiger partial charge in [0, 0.05) is 18.0 Å². The Hall–Kier alpha value is -3.35. The zero-order valence-electron chi connectivity index (χ0n) is 15.9.